The number of aromatic nitrogens is 1. The molecule has 3 aromatic rings. The molecule has 0 bridgehead atoms. The highest BCUT2D eigenvalue weighted by Gasteiger charge is 2.10. The minimum atomic E-state index is -0.724. The molecule has 2 aromatic carbocycles. The highest BCUT2D eigenvalue weighted by Crippen LogP contribution is 2.21. The van der Waals surface area contributed by atoms with Gasteiger partial charge in [0.15, 0.2) is 0 Å². The van der Waals surface area contributed by atoms with Gasteiger partial charge in [0.2, 0.25) is 0 Å². The van der Waals surface area contributed by atoms with E-state index in [1.165, 1.54) is 12.3 Å². The lowest BCUT2D eigenvalue weighted by Gasteiger charge is -2.09. The van der Waals surface area contributed by atoms with Crippen LogP contribution >= 0.6 is 11.6 Å². The van der Waals surface area contributed by atoms with Crippen LogP contribution < -0.4 is 10.6 Å². The van der Waals surface area contributed by atoms with Crippen molar-refractivity contribution in [2.24, 2.45) is 0 Å². The van der Waals surface area contributed by atoms with Crippen molar-refractivity contribution in [2.75, 3.05) is 10.6 Å². The third kappa shape index (κ3) is 4.10. The number of pyridine rings is 1. The molecule has 126 valence electrons. The second-order valence-electron chi connectivity index (χ2n) is 5.12. The minimum Gasteiger partial charge on any atom is -0.338 e. The molecule has 1 aromatic heterocycles. The Morgan fingerprint density at radius 1 is 1.04 bits per heavy atom. The standard InChI is InChI=1S/C18H12ClF2N3O/c19-14-4-2-1-3-13(14)18(25)23-12-6-8-17(22-10-12)24-16-7-5-11(20)9-15(16)21/h1-10H,(H,22,24)(H,23,25). The first-order valence-corrected chi connectivity index (χ1v) is 7.65. The normalized spacial score (nSPS) is 10.4. The fraction of sp³-hybridized carbons (Fsp3) is 0. The number of nitrogens with one attached hydrogen (secondary N) is 2. The van der Waals surface area contributed by atoms with Gasteiger partial charge in [-0.05, 0) is 36.4 Å². The SMILES string of the molecule is O=C(Nc1ccc(Nc2ccc(F)cc2F)nc1)c1ccccc1Cl. The predicted octanol–water partition coefficient (Wildman–Crippen LogP) is 5.01. The number of rotatable bonds is 4. The molecule has 4 nitrogen and oxygen atoms in total. The van der Waals surface area contributed by atoms with Crippen molar-refractivity contribution in [1.82, 2.24) is 4.98 Å². The molecule has 0 radical (unpaired) electrons. The molecule has 0 aliphatic heterocycles. The summed E-state index contributed by atoms with van der Waals surface area (Å²) in [5.41, 5.74) is 0.900. The van der Waals surface area contributed by atoms with Gasteiger partial charge in [-0.3, -0.25) is 4.79 Å². The molecule has 2 N–H and O–H groups in total. The summed E-state index contributed by atoms with van der Waals surface area (Å²) in [6, 6.07) is 13.0. The Morgan fingerprint density at radius 2 is 1.84 bits per heavy atom. The molecule has 0 atom stereocenters. The maximum atomic E-state index is 13.6. The van der Waals surface area contributed by atoms with Crippen LogP contribution in [-0.2, 0) is 0 Å². The van der Waals surface area contributed by atoms with Gasteiger partial charge < -0.3 is 10.6 Å². The number of anilines is 3. The van der Waals surface area contributed by atoms with E-state index >= 15 is 0 Å². The molecular weight excluding hydrogens is 348 g/mol. The summed E-state index contributed by atoms with van der Waals surface area (Å²) in [5.74, 6) is -1.40. The number of carbonyl (C=O) groups excluding carboxylic acids is 1. The largest absolute Gasteiger partial charge is 0.338 e. The van der Waals surface area contributed by atoms with Gasteiger partial charge in [-0.15, -0.1) is 0 Å². The van der Waals surface area contributed by atoms with Crippen molar-refractivity contribution in [2.45, 2.75) is 0 Å². The summed E-state index contributed by atoms with van der Waals surface area (Å²) in [7, 11) is 0. The number of benzene rings is 2. The summed E-state index contributed by atoms with van der Waals surface area (Å²) < 4.78 is 26.5. The van der Waals surface area contributed by atoms with Crippen molar-refractivity contribution < 1.29 is 13.6 Å². The molecule has 7 heteroatoms. The third-order valence-electron chi connectivity index (χ3n) is 3.33. The van der Waals surface area contributed by atoms with E-state index in [1.807, 2.05) is 0 Å². The van der Waals surface area contributed by atoms with Crippen LogP contribution in [0.2, 0.25) is 5.02 Å². The third-order valence-corrected chi connectivity index (χ3v) is 3.66. The average Bonchev–Trinajstić information content (AvgIpc) is 2.59. The van der Waals surface area contributed by atoms with Crippen molar-refractivity contribution in [3.63, 3.8) is 0 Å². The van der Waals surface area contributed by atoms with Crippen LogP contribution in [0.5, 0.6) is 0 Å². The lowest BCUT2D eigenvalue weighted by atomic mass is 10.2. The van der Waals surface area contributed by atoms with Gasteiger partial charge in [0.1, 0.15) is 17.5 Å². The molecule has 1 heterocycles. The van der Waals surface area contributed by atoms with Crippen molar-refractivity contribution in [3.8, 4) is 0 Å². The average molecular weight is 360 g/mol. The van der Waals surface area contributed by atoms with E-state index in [4.69, 9.17) is 11.6 Å². The molecule has 0 spiro atoms. The zero-order valence-electron chi connectivity index (χ0n) is 12.8. The Kier molecular flexibility index (Phi) is 4.90. The van der Waals surface area contributed by atoms with Crippen molar-refractivity contribution in [1.29, 1.82) is 0 Å². The monoisotopic (exact) mass is 359 g/mol. The quantitative estimate of drug-likeness (QED) is 0.688. The second-order valence-corrected chi connectivity index (χ2v) is 5.52. The van der Waals surface area contributed by atoms with Gasteiger partial charge in [-0.1, -0.05) is 23.7 Å². The Balaban J connectivity index is 1.70. The first kappa shape index (κ1) is 16.9. The second kappa shape index (κ2) is 7.27. The summed E-state index contributed by atoms with van der Waals surface area (Å²) in [5, 5.41) is 5.75. The number of hydrogen-bond donors (Lipinski definition) is 2. The predicted molar refractivity (Wildman–Crippen MR) is 93.3 cm³/mol. The molecule has 0 fully saturated rings. The van der Waals surface area contributed by atoms with Crippen LogP contribution in [0.1, 0.15) is 10.4 Å². The maximum absolute atomic E-state index is 13.6. The lowest BCUT2D eigenvalue weighted by molar-refractivity contribution is 0.102. The summed E-state index contributed by atoms with van der Waals surface area (Å²) in [6.07, 6.45) is 1.42. The van der Waals surface area contributed by atoms with E-state index in [1.54, 1.807) is 36.4 Å². The maximum Gasteiger partial charge on any atom is 0.257 e. The smallest absolute Gasteiger partial charge is 0.257 e. The zero-order chi connectivity index (χ0) is 17.8. The number of amides is 1. The Morgan fingerprint density at radius 3 is 2.52 bits per heavy atom. The molecule has 0 saturated carbocycles. The van der Waals surface area contributed by atoms with Crippen LogP contribution in [-0.4, -0.2) is 10.9 Å². The Bertz CT molecular complexity index is 916. The van der Waals surface area contributed by atoms with Crippen LogP contribution in [0.3, 0.4) is 0 Å². The fourth-order valence-electron chi connectivity index (χ4n) is 2.11. The van der Waals surface area contributed by atoms with Gasteiger partial charge in [-0.2, -0.15) is 0 Å². The molecule has 3 rings (SSSR count). The van der Waals surface area contributed by atoms with Gasteiger partial charge in [0, 0.05) is 6.07 Å². The van der Waals surface area contributed by atoms with Gasteiger partial charge in [0.05, 0.1) is 28.2 Å². The highest BCUT2D eigenvalue weighted by atomic mass is 35.5. The molecule has 0 saturated heterocycles. The number of halogens is 3. The fourth-order valence-corrected chi connectivity index (χ4v) is 2.34. The zero-order valence-corrected chi connectivity index (χ0v) is 13.5. The molecule has 25 heavy (non-hydrogen) atoms. The van der Waals surface area contributed by atoms with E-state index in [9.17, 15) is 13.6 Å². The van der Waals surface area contributed by atoms with Crippen LogP contribution in [0.4, 0.5) is 26.0 Å². The van der Waals surface area contributed by atoms with Crippen LogP contribution in [0.25, 0.3) is 0 Å². The summed E-state index contributed by atoms with van der Waals surface area (Å²) in [6.45, 7) is 0. The van der Waals surface area contributed by atoms with Crippen LogP contribution in [0, 0.1) is 11.6 Å². The van der Waals surface area contributed by atoms with E-state index in [2.05, 4.69) is 15.6 Å². The van der Waals surface area contributed by atoms with E-state index < -0.39 is 11.6 Å². The minimum absolute atomic E-state index is 0.0988. The molecule has 0 aliphatic rings. The number of hydrogen-bond acceptors (Lipinski definition) is 3. The van der Waals surface area contributed by atoms with Crippen molar-refractivity contribution in [3.05, 3.63) is 83.0 Å². The first-order chi connectivity index (χ1) is 12.0. The first-order valence-electron chi connectivity index (χ1n) is 7.27. The Hall–Kier alpha value is -2.99. The summed E-state index contributed by atoms with van der Waals surface area (Å²) >= 11 is 5.98. The molecule has 0 unspecified atom stereocenters. The van der Waals surface area contributed by atoms with E-state index in [-0.39, 0.29) is 11.6 Å². The highest BCUT2D eigenvalue weighted by molar-refractivity contribution is 6.34. The molecule has 1 amide bonds. The van der Waals surface area contributed by atoms with E-state index in [0.29, 0.717) is 22.1 Å². The molecular formula is C18H12ClF2N3O. The topological polar surface area (TPSA) is 54.0 Å². The Labute approximate surface area is 147 Å². The lowest BCUT2D eigenvalue weighted by Crippen LogP contribution is -2.12. The van der Waals surface area contributed by atoms with Gasteiger partial charge in [0.25, 0.3) is 5.91 Å². The van der Waals surface area contributed by atoms with Crippen molar-refractivity contribution >= 4 is 34.7 Å². The van der Waals surface area contributed by atoms with Gasteiger partial charge >= 0.3 is 0 Å². The van der Waals surface area contributed by atoms with Crippen LogP contribution in [0.15, 0.2) is 60.8 Å². The van der Waals surface area contributed by atoms with E-state index in [0.717, 1.165) is 12.1 Å². The number of nitrogens with zero attached hydrogens (tertiary/aromatic N) is 1. The molecule has 0 aliphatic carbocycles. The van der Waals surface area contributed by atoms with Gasteiger partial charge in [-0.25, -0.2) is 13.8 Å². The summed E-state index contributed by atoms with van der Waals surface area (Å²) in [4.78, 5) is 16.3. The number of carbonyl (C=O) groups is 1.